The molecular formula is C76H46O42. The van der Waals surface area contributed by atoms with Gasteiger partial charge in [-0.25, -0.2) is 47.9 Å². The fourth-order valence-electron chi connectivity index (χ4n) is 9.96. The van der Waals surface area contributed by atoms with Gasteiger partial charge in [-0.2, -0.15) is 0 Å². The second-order valence-electron chi connectivity index (χ2n) is 23.8. The molecule has 0 saturated carbocycles. The topological polar surface area (TPSA) is 708 Å². The molecule has 602 valence electrons. The average Bonchev–Trinajstić information content (AvgIpc) is 0.806. The summed E-state index contributed by atoms with van der Waals surface area (Å²) >= 11 is 0. The summed E-state index contributed by atoms with van der Waals surface area (Å²) in [5.74, 6) is -48.9. The summed E-state index contributed by atoms with van der Waals surface area (Å²) < 4.78 is 51.3. The first-order valence-corrected chi connectivity index (χ1v) is 31.9. The van der Waals surface area contributed by atoms with E-state index in [1.165, 1.54) is 0 Å². The Balaban J connectivity index is 0.718. The summed E-state index contributed by atoms with van der Waals surface area (Å²) in [6.45, 7) is 0. The van der Waals surface area contributed by atoms with Crippen LogP contribution >= 0.6 is 0 Å². The van der Waals surface area contributed by atoms with Gasteiger partial charge in [-0.15, -0.1) is 0 Å². The molecule has 42 heteroatoms. The molecule has 0 aliphatic heterocycles. The van der Waals surface area contributed by atoms with Gasteiger partial charge in [-0.1, -0.05) is 6.07 Å². The van der Waals surface area contributed by atoms with E-state index in [4.69, 9.17) is 47.4 Å². The predicted octanol–water partition coefficient (Wildman–Crippen LogP) is 7.40. The smallest absolute Gasteiger partial charge is 0.343 e. The average molecular weight is 1630 g/mol. The summed E-state index contributed by atoms with van der Waals surface area (Å²) in [6, 6.07) is 16.1. The van der Waals surface area contributed by atoms with Crippen LogP contribution in [0.1, 0.15) is 104 Å². The van der Waals surface area contributed by atoms with Crippen LogP contribution in [0.2, 0.25) is 0 Å². The highest BCUT2D eigenvalue weighted by molar-refractivity contribution is 6.02. The van der Waals surface area contributed by atoms with E-state index in [-0.39, 0.29) is 0 Å². The van der Waals surface area contributed by atoms with E-state index in [9.17, 15) is 160 Å². The third-order valence-electron chi connectivity index (χ3n) is 15.8. The lowest BCUT2D eigenvalue weighted by atomic mass is 10.1. The van der Waals surface area contributed by atoms with Crippen LogP contribution < -0.4 is 47.4 Å². The van der Waals surface area contributed by atoms with Crippen molar-refractivity contribution >= 4 is 59.7 Å². The van der Waals surface area contributed by atoms with Crippen LogP contribution in [-0.2, 0) is 0 Å². The molecule has 0 spiro atoms. The van der Waals surface area contributed by atoms with Crippen LogP contribution in [0.15, 0.2) is 146 Å². The fraction of sp³-hybridized carbons (Fsp3) is 0. The Morgan fingerprint density at radius 1 is 0.153 bits per heavy atom. The Morgan fingerprint density at radius 3 is 0.415 bits per heavy atom. The molecule has 0 bridgehead atoms. The molecule has 42 nitrogen and oxygen atoms in total. The third-order valence-corrected chi connectivity index (χ3v) is 15.8. The van der Waals surface area contributed by atoms with Crippen LogP contribution in [0, 0.1) is 0 Å². The molecule has 11 aromatic rings. The number of phenolic OH excluding ortho intramolecular Hbond substituents is 22. The largest absolute Gasteiger partial charge is 0.504 e. The third kappa shape index (κ3) is 17.0. The van der Waals surface area contributed by atoms with E-state index in [0.717, 1.165) is 24.3 Å². The van der Waals surface area contributed by atoms with E-state index >= 15 is 0 Å². The lowest BCUT2D eigenvalue weighted by molar-refractivity contribution is 0.0699. The zero-order valence-electron chi connectivity index (χ0n) is 57.9. The summed E-state index contributed by atoms with van der Waals surface area (Å²) in [5.41, 5.74) is -7.40. The molecule has 0 fully saturated rings. The minimum absolute atomic E-state index is 0.442. The first kappa shape index (κ1) is 80.7. The molecule has 0 aliphatic rings. The molecule has 0 aliphatic carbocycles. The van der Waals surface area contributed by atoms with Crippen LogP contribution in [0.25, 0.3) is 0 Å². The molecule has 0 amide bonds. The molecule has 118 heavy (non-hydrogen) atoms. The first-order chi connectivity index (χ1) is 55.6. The van der Waals surface area contributed by atoms with E-state index in [0.29, 0.717) is 121 Å². The highest BCUT2D eigenvalue weighted by atomic mass is 16.6. The quantitative estimate of drug-likeness (QED) is 0.0201. The van der Waals surface area contributed by atoms with Gasteiger partial charge in [0.2, 0.25) is 46.0 Å². The molecule has 11 aromatic carbocycles. The highest BCUT2D eigenvalue weighted by Crippen LogP contribution is 2.48. The SMILES string of the molecule is O=C(Oc1cccc(OC(=O)c2cc(O)c(O)c(OC(=O)c3cc(O)c(O)c(OC(=O)c4cc(O)c(O)c(OC(=O)c5cc(O)c(O)c(OC(=O)c6cc(O)c(O)c(O)c6)c5)c4)c3)c2)c1)c1cc(O)c(O)c(OC(=O)c2cc(O)c(O)c(OC(=O)c3cc(O)c(O)c(OC(=O)c4cc(O)c(O)c(OC(=O)c5cc(O)c(O)c(O)c5)c4)c3)c2)c1. The van der Waals surface area contributed by atoms with Crippen molar-refractivity contribution in [3.8, 4) is 184 Å². The molecular weight excluding hydrogens is 1580 g/mol. The molecule has 22 N–H and O–H groups in total. The minimum Gasteiger partial charge on any atom is -0.504 e. The monoisotopic (exact) mass is 1630 g/mol. The highest BCUT2D eigenvalue weighted by Gasteiger charge is 2.31. The van der Waals surface area contributed by atoms with Crippen LogP contribution in [0.3, 0.4) is 0 Å². The minimum atomic E-state index is -1.61. The zero-order chi connectivity index (χ0) is 86.1. The molecule has 0 heterocycles. The standard InChI is InChI=1S/C76H46O42/c77-37-4-25(5-38(78)57(37)89)69(101)111-51-18-29(10-43(83)61(51)93)73(105)115-55-22-33(14-47(87)65(55)97)75(107)117-53-20-31(12-45(85)63(53)95)71(103)113-49-16-27(8-41(81)59(49)91)67(99)109-35-2-1-3-36(24-35)110-68(100)28-9-42(82)60(92)50(17-28)114-72(104)32-13-46(86)64(96)54(21-32)118-76(108)34-15-48(88)66(98)56(23-34)116-74(106)30-11-44(84)62(94)52(19-30)112-70(102)26-6-39(79)58(90)40(80)7-26/h1-24,77-98H. The maximum absolute atomic E-state index is 13.6. The van der Waals surface area contributed by atoms with Crippen LogP contribution in [-0.4, -0.2) is 172 Å². The molecule has 0 unspecified atom stereocenters. The van der Waals surface area contributed by atoms with Crippen molar-refractivity contribution in [2.75, 3.05) is 0 Å². The lowest BCUT2D eigenvalue weighted by Crippen LogP contribution is -2.14. The molecule has 11 rings (SSSR count). The summed E-state index contributed by atoms with van der Waals surface area (Å²) in [7, 11) is 0. The van der Waals surface area contributed by atoms with Gasteiger partial charge in [0.05, 0.1) is 55.6 Å². The van der Waals surface area contributed by atoms with Crippen molar-refractivity contribution in [1.82, 2.24) is 0 Å². The summed E-state index contributed by atoms with van der Waals surface area (Å²) in [6.07, 6.45) is 0. The maximum atomic E-state index is 13.6. The van der Waals surface area contributed by atoms with E-state index in [2.05, 4.69) is 0 Å². The Bertz CT molecular complexity index is 5750. The first-order valence-electron chi connectivity index (χ1n) is 31.9. The number of hydrogen-bond acceptors (Lipinski definition) is 42. The molecule has 0 aromatic heterocycles. The molecule has 0 radical (unpaired) electrons. The zero-order valence-corrected chi connectivity index (χ0v) is 57.9. The second-order valence-corrected chi connectivity index (χ2v) is 23.8. The fourth-order valence-corrected chi connectivity index (χ4v) is 9.96. The Labute approximate surface area is 650 Å². The van der Waals surface area contributed by atoms with Gasteiger partial charge in [0.1, 0.15) is 11.5 Å². The maximum Gasteiger partial charge on any atom is 0.343 e. The van der Waals surface area contributed by atoms with Gasteiger partial charge >= 0.3 is 59.7 Å². The summed E-state index contributed by atoms with van der Waals surface area (Å²) in [4.78, 5) is 133. The van der Waals surface area contributed by atoms with Crippen molar-refractivity contribution < 1.29 is 208 Å². The van der Waals surface area contributed by atoms with Crippen molar-refractivity contribution in [1.29, 1.82) is 0 Å². The number of esters is 10. The number of benzene rings is 11. The van der Waals surface area contributed by atoms with Crippen molar-refractivity contribution in [2.24, 2.45) is 0 Å². The van der Waals surface area contributed by atoms with Crippen LogP contribution in [0.4, 0.5) is 0 Å². The molecule has 0 atom stereocenters. The number of ether oxygens (including phenoxy) is 10. The predicted molar refractivity (Wildman–Crippen MR) is 377 cm³/mol. The van der Waals surface area contributed by atoms with E-state index < -0.39 is 299 Å². The van der Waals surface area contributed by atoms with Gasteiger partial charge in [-0.3, -0.25) is 0 Å². The van der Waals surface area contributed by atoms with Crippen molar-refractivity contribution in [3.63, 3.8) is 0 Å². The normalized spacial score (nSPS) is 10.8. The number of hydrogen-bond donors (Lipinski definition) is 22. The van der Waals surface area contributed by atoms with E-state index in [1.807, 2.05) is 0 Å². The van der Waals surface area contributed by atoms with E-state index in [1.54, 1.807) is 0 Å². The molecule has 0 saturated heterocycles. The van der Waals surface area contributed by atoms with Gasteiger partial charge in [0, 0.05) is 6.07 Å². The number of carbonyl (C=O) groups is 10. The number of aromatic hydroxyl groups is 22. The number of rotatable bonds is 20. The van der Waals surface area contributed by atoms with Gasteiger partial charge in [0.25, 0.3) is 0 Å². The lowest BCUT2D eigenvalue weighted by Gasteiger charge is -2.14. The number of phenols is 22. The van der Waals surface area contributed by atoms with Crippen molar-refractivity contribution in [2.45, 2.75) is 0 Å². The van der Waals surface area contributed by atoms with Gasteiger partial charge in [0.15, 0.2) is 126 Å². The van der Waals surface area contributed by atoms with Gasteiger partial charge < -0.3 is 160 Å². The van der Waals surface area contributed by atoms with Crippen LogP contribution in [0.5, 0.6) is 184 Å². The summed E-state index contributed by atoms with van der Waals surface area (Å²) in [5, 5.41) is 227. The Hall–Kier alpha value is -18.3. The van der Waals surface area contributed by atoms with Gasteiger partial charge in [-0.05, 0) is 133 Å². The van der Waals surface area contributed by atoms with Crippen molar-refractivity contribution in [3.05, 3.63) is 201 Å². The Kier molecular flexibility index (Phi) is 21.9. The second kappa shape index (κ2) is 32.0. The number of carbonyl (C=O) groups excluding carboxylic acids is 10. The Morgan fingerprint density at radius 2 is 0.271 bits per heavy atom.